The lowest BCUT2D eigenvalue weighted by Crippen LogP contribution is -2.59. The molecule has 2 heterocycles. The molecular weight excluding hydrogens is 306 g/mol. The molecule has 6 nitrogen and oxygen atoms in total. The van der Waals surface area contributed by atoms with Crippen molar-refractivity contribution < 1.29 is 14.3 Å². The van der Waals surface area contributed by atoms with Crippen LogP contribution in [0.15, 0.2) is 48.5 Å². The number of rotatable bonds is 2. The van der Waals surface area contributed by atoms with Gasteiger partial charge in [-0.1, -0.05) is 30.3 Å². The number of nitrogens with one attached hydrogen (secondary N) is 1. The van der Waals surface area contributed by atoms with E-state index in [0.29, 0.717) is 23.5 Å². The van der Waals surface area contributed by atoms with Crippen LogP contribution in [0.4, 0.5) is 5.69 Å². The van der Waals surface area contributed by atoms with Gasteiger partial charge in [0.25, 0.3) is 17.5 Å². The van der Waals surface area contributed by atoms with Crippen molar-refractivity contribution in [3.05, 3.63) is 59.7 Å². The van der Waals surface area contributed by atoms with Gasteiger partial charge in [0, 0.05) is 0 Å². The number of nitrogens with zero attached hydrogens (tertiary/aromatic N) is 2. The molecule has 0 saturated heterocycles. The van der Waals surface area contributed by atoms with Crippen molar-refractivity contribution in [2.75, 3.05) is 25.7 Å². The number of hydrogen-bond donors (Lipinski definition) is 1. The molecule has 0 aliphatic carbocycles. The molecule has 1 atom stereocenters. The zero-order valence-corrected chi connectivity index (χ0v) is 13.4. The van der Waals surface area contributed by atoms with E-state index in [-0.39, 0.29) is 11.8 Å². The van der Waals surface area contributed by atoms with E-state index < -0.39 is 5.72 Å². The van der Waals surface area contributed by atoms with Gasteiger partial charge in [0.05, 0.1) is 23.5 Å². The maximum Gasteiger partial charge on any atom is 0.299 e. The van der Waals surface area contributed by atoms with Gasteiger partial charge in [-0.2, -0.15) is 0 Å². The van der Waals surface area contributed by atoms with E-state index in [2.05, 4.69) is 5.32 Å². The molecule has 0 aromatic heterocycles. The SMILES string of the molecule is CN(C)CN1C(=O)[C@]2(NC(=O)c3ccccc3O2)c2ccccc21. The molecule has 0 unspecified atom stereocenters. The van der Waals surface area contributed by atoms with Crippen LogP contribution in [-0.4, -0.2) is 37.5 Å². The Morgan fingerprint density at radius 1 is 1.08 bits per heavy atom. The predicted molar refractivity (Wildman–Crippen MR) is 88.7 cm³/mol. The zero-order chi connectivity index (χ0) is 16.9. The highest BCUT2D eigenvalue weighted by Gasteiger charge is 2.56. The van der Waals surface area contributed by atoms with E-state index in [1.807, 2.05) is 43.3 Å². The first-order chi connectivity index (χ1) is 11.5. The first kappa shape index (κ1) is 14.7. The molecule has 0 fully saturated rings. The second kappa shape index (κ2) is 5.07. The van der Waals surface area contributed by atoms with Gasteiger partial charge in [-0.3, -0.25) is 19.4 Å². The van der Waals surface area contributed by atoms with Gasteiger partial charge < -0.3 is 10.1 Å². The molecule has 2 aliphatic heterocycles. The fraction of sp³-hybridized carbons (Fsp3) is 0.222. The fourth-order valence-electron chi connectivity index (χ4n) is 3.22. The molecule has 24 heavy (non-hydrogen) atoms. The number of carbonyl (C=O) groups excluding carboxylic acids is 2. The lowest BCUT2D eigenvalue weighted by molar-refractivity contribution is -0.136. The molecule has 2 aliphatic rings. The molecular formula is C18H17N3O3. The number of anilines is 1. The maximum atomic E-state index is 13.2. The van der Waals surface area contributed by atoms with E-state index in [4.69, 9.17) is 4.74 Å². The lowest BCUT2D eigenvalue weighted by Gasteiger charge is -2.35. The van der Waals surface area contributed by atoms with Crippen LogP contribution in [-0.2, 0) is 10.5 Å². The summed E-state index contributed by atoms with van der Waals surface area (Å²) in [6, 6.07) is 14.3. The summed E-state index contributed by atoms with van der Waals surface area (Å²) in [5.41, 5.74) is 0.327. The number of carbonyl (C=O) groups is 2. The monoisotopic (exact) mass is 323 g/mol. The molecule has 2 aromatic carbocycles. The van der Waals surface area contributed by atoms with Crippen LogP contribution in [0.2, 0.25) is 0 Å². The minimum Gasteiger partial charge on any atom is -0.453 e. The quantitative estimate of drug-likeness (QED) is 0.910. The summed E-state index contributed by atoms with van der Waals surface area (Å²) in [5.74, 6) is -0.192. The van der Waals surface area contributed by atoms with Crippen LogP contribution in [0.1, 0.15) is 15.9 Å². The smallest absolute Gasteiger partial charge is 0.299 e. The Kier molecular flexibility index (Phi) is 3.11. The second-order valence-electron chi connectivity index (χ2n) is 6.20. The van der Waals surface area contributed by atoms with Gasteiger partial charge in [-0.15, -0.1) is 0 Å². The standard InChI is InChI=1S/C18H17N3O3/c1-20(2)11-21-14-9-5-4-8-13(14)18(17(21)23)19-16(22)12-7-3-6-10-15(12)24-18/h3-10H,11H2,1-2H3,(H,19,22)/t18-/m0/s1. The third-order valence-corrected chi connectivity index (χ3v) is 4.23. The van der Waals surface area contributed by atoms with Crippen molar-refractivity contribution in [1.29, 1.82) is 0 Å². The van der Waals surface area contributed by atoms with Crippen molar-refractivity contribution in [2.45, 2.75) is 5.72 Å². The van der Waals surface area contributed by atoms with Crippen molar-refractivity contribution >= 4 is 17.5 Å². The summed E-state index contributed by atoms with van der Waals surface area (Å²) in [4.78, 5) is 29.3. The molecule has 1 N–H and O–H groups in total. The Morgan fingerprint density at radius 2 is 1.79 bits per heavy atom. The molecule has 0 bridgehead atoms. The van der Waals surface area contributed by atoms with Gasteiger partial charge in [-0.05, 0) is 32.3 Å². The van der Waals surface area contributed by atoms with Crippen LogP contribution >= 0.6 is 0 Å². The van der Waals surface area contributed by atoms with Crippen molar-refractivity contribution in [3.63, 3.8) is 0 Å². The summed E-state index contributed by atoms with van der Waals surface area (Å²) in [7, 11) is 3.77. The molecule has 4 rings (SSSR count). The molecule has 6 heteroatoms. The summed E-state index contributed by atoms with van der Waals surface area (Å²) in [6.45, 7) is 0.401. The van der Waals surface area contributed by atoms with Crippen LogP contribution in [0.3, 0.4) is 0 Å². The van der Waals surface area contributed by atoms with E-state index in [0.717, 1.165) is 5.69 Å². The van der Waals surface area contributed by atoms with Gasteiger partial charge >= 0.3 is 0 Å². The van der Waals surface area contributed by atoms with Crippen LogP contribution in [0.5, 0.6) is 5.75 Å². The normalized spacial score (nSPS) is 21.5. The third-order valence-electron chi connectivity index (χ3n) is 4.23. The maximum absolute atomic E-state index is 13.2. The van der Waals surface area contributed by atoms with Gasteiger partial charge in [-0.25, -0.2) is 0 Å². The number of benzene rings is 2. The molecule has 2 amide bonds. The highest BCUT2D eigenvalue weighted by Crippen LogP contribution is 2.44. The Hall–Kier alpha value is -2.86. The van der Waals surface area contributed by atoms with E-state index >= 15 is 0 Å². The minimum atomic E-state index is -1.50. The number of amides is 2. The molecule has 0 radical (unpaired) electrons. The summed E-state index contributed by atoms with van der Waals surface area (Å²) in [6.07, 6.45) is 0. The Bertz CT molecular complexity index is 849. The van der Waals surface area contributed by atoms with E-state index in [1.165, 1.54) is 0 Å². The van der Waals surface area contributed by atoms with Crippen molar-refractivity contribution in [2.24, 2.45) is 0 Å². The summed E-state index contributed by atoms with van der Waals surface area (Å²) >= 11 is 0. The average molecular weight is 323 g/mol. The summed E-state index contributed by atoms with van der Waals surface area (Å²) in [5, 5.41) is 2.79. The fourth-order valence-corrected chi connectivity index (χ4v) is 3.22. The lowest BCUT2D eigenvalue weighted by atomic mass is 10.0. The number of fused-ring (bicyclic) bond motifs is 3. The highest BCUT2D eigenvalue weighted by molar-refractivity contribution is 6.11. The molecule has 122 valence electrons. The Balaban J connectivity index is 1.87. The third kappa shape index (κ3) is 1.93. The largest absolute Gasteiger partial charge is 0.453 e. The Labute approximate surface area is 139 Å². The predicted octanol–water partition coefficient (Wildman–Crippen LogP) is 1.53. The molecule has 1 spiro atoms. The average Bonchev–Trinajstić information content (AvgIpc) is 2.78. The van der Waals surface area contributed by atoms with Gasteiger partial charge in [0.1, 0.15) is 5.75 Å². The molecule has 2 aromatic rings. The van der Waals surface area contributed by atoms with Gasteiger partial charge in [0.15, 0.2) is 0 Å². The first-order valence-electron chi connectivity index (χ1n) is 7.70. The summed E-state index contributed by atoms with van der Waals surface area (Å²) < 4.78 is 6.06. The zero-order valence-electron chi connectivity index (χ0n) is 13.4. The van der Waals surface area contributed by atoms with Crippen LogP contribution < -0.4 is 15.0 Å². The van der Waals surface area contributed by atoms with E-state index in [1.54, 1.807) is 29.2 Å². The Morgan fingerprint density at radius 3 is 2.58 bits per heavy atom. The second-order valence-corrected chi connectivity index (χ2v) is 6.20. The number of hydrogen-bond acceptors (Lipinski definition) is 4. The van der Waals surface area contributed by atoms with Crippen LogP contribution in [0.25, 0.3) is 0 Å². The molecule has 0 saturated carbocycles. The topological polar surface area (TPSA) is 61.9 Å². The first-order valence-corrected chi connectivity index (χ1v) is 7.70. The number of ether oxygens (including phenoxy) is 1. The minimum absolute atomic E-state index is 0.291. The number of para-hydroxylation sites is 2. The van der Waals surface area contributed by atoms with Gasteiger partial charge in [0.2, 0.25) is 0 Å². The van der Waals surface area contributed by atoms with Crippen molar-refractivity contribution in [3.8, 4) is 5.75 Å². The highest BCUT2D eigenvalue weighted by atomic mass is 16.5. The van der Waals surface area contributed by atoms with Crippen molar-refractivity contribution in [1.82, 2.24) is 10.2 Å². The van der Waals surface area contributed by atoms with E-state index in [9.17, 15) is 9.59 Å². The van der Waals surface area contributed by atoms with Crippen LogP contribution in [0, 0.1) is 0 Å².